The number of carbonyl (C=O) groups is 2. The van der Waals surface area contributed by atoms with E-state index in [1.165, 1.54) is 67.2 Å². The van der Waals surface area contributed by atoms with Crippen LogP contribution in [0.1, 0.15) is 147 Å². The largest absolute Gasteiger partial charge is 2.00 e. The van der Waals surface area contributed by atoms with Gasteiger partial charge in [0.15, 0.2) is 0 Å². The predicted octanol–water partition coefficient (Wildman–Crippen LogP) is 8.45. The minimum atomic E-state index is -0.211. The van der Waals surface area contributed by atoms with E-state index in [1.807, 2.05) is 27.2 Å². The van der Waals surface area contributed by atoms with Crippen LogP contribution in [0.5, 0.6) is 23.0 Å². The molecule has 4 rings (SSSR count). The number of esters is 1. The fourth-order valence-corrected chi connectivity index (χ4v) is 7.81. The van der Waals surface area contributed by atoms with Gasteiger partial charge < -0.3 is 47.2 Å². The van der Waals surface area contributed by atoms with Crippen LogP contribution in [0.4, 0.5) is 0 Å². The summed E-state index contributed by atoms with van der Waals surface area (Å²) in [5, 5.41) is 1.32. The Kier molecular flexibility index (Phi) is 34.8. The SMILES string of the molecule is CCCCCc1cc(OC)c([C@@H]2C=C(C)CC[C@H]2C(=O)N(C)OC)c(OC)c1.CCCCCc1cc(OC)c([C@@H]2C=C(C)CC[C@H]2C(=O)OC)c(OC)c1.CCOC.C[CH-]C.[Cl-].[Mg+2]. The summed E-state index contributed by atoms with van der Waals surface area (Å²) in [4.78, 5) is 30.5. The summed E-state index contributed by atoms with van der Waals surface area (Å²) in [7, 11) is 13.0. The van der Waals surface area contributed by atoms with E-state index < -0.39 is 0 Å². The van der Waals surface area contributed by atoms with E-state index in [1.54, 1.807) is 42.6 Å². The molecule has 10 nitrogen and oxygen atoms in total. The van der Waals surface area contributed by atoms with E-state index in [0.29, 0.717) is 0 Å². The van der Waals surface area contributed by atoms with Gasteiger partial charge >= 0.3 is 29.0 Å². The summed E-state index contributed by atoms with van der Waals surface area (Å²) in [5.41, 5.74) is 6.88. The minimum absolute atomic E-state index is 0. The molecule has 0 radical (unpaired) electrons. The smallest absolute Gasteiger partial charge is 1.00 e. The van der Waals surface area contributed by atoms with Crippen molar-refractivity contribution >= 4 is 34.9 Å². The van der Waals surface area contributed by atoms with Crippen molar-refractivity contribution in [1.82, 2.24) is 5.06 Å². The fraction of sp³-hybridized carbons (Fsp3) is 0.627. The number of hydroxylamine groups is 2. The zero-order valence-electron chi connectivity index (χ0n) is 41.7. The van der Waals surface area contributed by atoms with Gasteiger partial charge in [0.2, 0.25) is 5.91 Å². The molecule has 0 spiro atoms. The second-order valence-electron chi connectivity index (χ2n) is 15.8. The molecule has 0 fully saturated rings. The number of aryl methyl sites for hydroxylation is 2. The summed E-state index contributed by atoms with van der Waals surface area (Å²) in [6.07, 6.45) is 18.8. The van der Waals surface area contributed by atoms with Crippen molar-refractivity contribution in [3.63, 3.8) is 0 Å². The number of ether oxygens (including phenoxy) is 6. The quantitative estimate of drug-likeness (QED) is 0.0364. The molecular weight excluding hydrogens is 830 g/mol. The third-order valence-corrected chi connectivity index (χ3v) is 11.2. The first-order valence-electron chi connectivity index (χ1n) is 22.3. The number of amides is 1. The standard InChI is InChI=1S/C23H35NO4.C22H32O4.C3H8O.C3H7.ClH.Mg/c1-7-8-9-10-17-14-20(26-4)22(21(15-17)27-5)19-13-16(2)11-12-18(19)23(25)24(3)28-6;1-6-7-8-9-16-13-19(24-3)21(20(14-16)25-4)18-12-15(2)10-11-17(18)22(23)26-5;1-3-4-2;1-3-2;;/h13-15,18-19H,7-12H2,1-6H3;12-14,17-18H,6-11H2,1-5H3;3H2,1-2H3;3H,1-2H3;1H;/q;;;-1;;+2/p-1/t18-,19-;17-,18-;;;;/m11..../s1. The van der Waals surface area contributed by atoms with Gasteiger partial charge in [-0.2, -0.15) is 13.8 Å². The third kappa shape index (κ3) is 20.0. The van der Waals surface area contributed by atoms with Gasteiger partial charge in [-0.25, -0.2) is 5.06 Å². The summed E-state index contributed by atoms with van der Waals surface area (Å²) < 4.78 is 32.6. The molecule has 2 aliphatic carbocycles. The normalized spacial score (nSPS) is 17.4. The minimum Gasteiger partial charge on any atom is -1.00 e. The van der Waals surface area contributed by atoms with Gasteiger partial charge in [0.05, 0.1) is 54.5 Å². The van der Waals surface area contributed by atoms with E-state index in [9.17, 15) is 9.59 Å². The molecule has 12 heteroatoms. The van der Waals surface area contributed by atoms with Gasteiger partial charge in [0, 0.05) is 43.7 Å². The number of halogens is 1. The van der Waals surface area contributed by atoms with Gasteiger partial charge in [-0.05, 0) is 108 Å². The third-order valence-electron chi connectivity index (χ3n) is 11.2. The predicted molar refractivity (Wildman–Crippen MR) is 255 cm³/mol. The van der Waals surface area contributed by atoms with Crippen LogP contribution in [-0.2, 0) is 36.7 Å². The van der Waals surface area contributed by atoms with Crippen LogP contribution in [0.2, 0.25) is 0 Å². The van der Waals surface area contributed by atoms with Crippen LogP contribution in [0, 0.1) is 18.3 Å². The van der Waals surface area contributed by atoms with Gasteiger partial charge in [0.1, 0.15) is 23.0 Å². The number of rotatable bonds is 18. The van der Waals surface area contributed by atoms with Crippen molar-refractivity contribution < 1.29 is 55.3 Å². The maximum atomic E-state index is 13.0. The molecule has 63 heavy (non-hydrogen) atoms. The average Bonchev–Trinajstić information content (AvgIpc) is 3.28. The van der Waals surface area contributed by atoms with Crippen molar-refractivity contribution in [2.45, 2.75) is 137 Å². The molecule has 0 bridgehead atoms. The summed E-state index contributed by atoms with van der Waals surface area (Å²) in [5.74, 6) is 2.36. The molecule has 0 heterocycles. The van der Waals surface area contributed by atoms with Crippen molar-refractivity contribution in [2.75, 3.05) is 63.4 Å². The van der Waals surface area contributed by atoms with Crippen LogP contribution >= 0.6 is 0 Å². The van der Waals surface area contributed by atoms with Gasteiger partial charge in [-0.3, -0.25) is 14.4 Å². The van der Waals surface area contributed by atoms with Crippen LogP contribution in [-0.4, -0.2) is 103 Å². The molecular formula is C51H82ClMgNO9. The van der Waals surface area contributed by atoms with Gasteiger partial charge in [-0.15, -0.1) is 0 Å². The summed E-state index contributed by atoms with van der Waals surface area (Å²) in [6.45, 7) is 15.4. The molecule has 0 aliphatic heterocycles. The Bertz CT molecular complexity index is 1600. The molecule has 2 aromatic rings. The first kappa shape index (κ1) is 62.1. The molecule has 0 unspecified atom stereocenters. The molecule has 0 saturated heterocycles. The van der Waals surface area contributed by atoms with Crippen LogP contribution < -0.4 is 31.4 Å². The average molecular weight is 913 g/mol. The first-order valence-corrected chi connectivity index (χ1v) is 22.3. The molecule has 4 atom stereocenters. The number of methoxy groups -OCH3 is 6. The van der Waals surface area contributed by atoms with E-state index in [-0.39, 0.29) is 71.0 Å². The number of benzene rings is 2. The summed E-state index contributed by atoms with van der Waals surface area (Å²) >= 11 is 0. The number of unbranched alkanes of at least 4 members (excludes halogenated alkanes) is 4. The molecule has 2 aliphatic rings. The molecule has 1 amide bonds. The monoisotopic (exact) mass is 912 g/mol. The molecule has 354 valence electrons. The number of hydrogen-bond acceptors (Lipinski definition) is 9. The Hall–Kier alpha value is -2.96. The van der Waals surface area contributed by atoms with Crippen LogP contribution in [0.25, 0.3) is 0 Å². The van der Waals surface area contributed by atoms with Crippen molar-refractivity contribution in [3.8, 4) is 23.0 Å². The van der Waals surface area contributed by atoms with E-state index >= 15 is 0 Å². The van der Waals surface area contributed by atoms with E-state index in [0.717, 1.165) is 92.1 Å². The second kappa shape index (κ2) is 35.3. The number of allylic oxidation sites excluding steroid dienone is 4. The second-order valence-corrected chi connectivity index (χ2v) is 15.8. The topological polar surface area (TPSA) is 102 Å². The molecule has 0 aromatic heterocycles. The first-order chi connectivity index (χ1) is 29.3. The van der Waals surface area contributed by atoms with E-state index in [4.69, 9.17) is 28.5 Å². The molecule has 2 aromatic carbocycles. The van der Waals surface area contributed by atoms with E-state index in [2.05, 4.69) is 68.8 Å². The Morgan fingerprint density at radius 1 is 0.651 bits per heavy atom. The number of nitrogens with zero attached hydrogens (tertiary/aromatic N) is 1. The van der Waals surface area contributed by atoms with Crippen molar-refractivity contribution in [2.24, 2.45) is 11.8 Å². The Morgan fingerprint density at radius 2 is 1.00 bits per heavy atom. The Morgan fingerprint density at radius 3 is 1.30 bits per heavy atom. The van der Waals surface area contributed by atoms with Crippen LogP contribution in [0.15, 0.2) is 47.6 Å². The fourth-order valence-electron chi connectivity index (χ4n) is 7.81. The number of carbonyl (C=O) groups excluding carboxylic acids is 2. The van der Waals surface area contributed by atoms with Gasteiger partial charge in [-0.1, -0.05) is 62.8 Å². The molecule has 0 N–H and O–H groups in total. The van der Waals surface area contributed by atoms with Crippen molar-refractivity contribution in [3.05, 3.63) is 76.2 Å². The maximum Gasteiger partial charge on any atom is 2.00 e. The Balaban J connectivity index is 0. The molecule has 0 saturated carbocycles. The van der Waals surface area contributed by atoms with Gasteiger partial charge in [0.25, 0.3) is 0 Å². The van der Waals surface area contributed by atoms with Crippen LogP contribution in [0.3, 0.4) is 0 Å². The Labute approximate surface area is 405 Å². The van der Waals surface area contributed by atoms with Crippen molar-refractivity contribution in [1.29, 1.82) is 0 Å². The number of hydrogen-bond donors (Lipinski definition) is 0. The zero-order chi connectivity index (χ0) is 45.9. The summed E-state index contributed by atoms with van der Waals surface area (Å²) in [6, 6.07) is 8.40. The maximum absolute atomic E-state index is 13.0. The zero-order valence-corrected chi connectivity index (χ0v) is 43.9.